The maximum Gasteiger partial charge on any atom is 0.291 e. The van der Waals surface area contributed by atoms with Crippen molar-refractivity contribution in [3.8, 4) is 5.75 Å². The average molecular weight is 419 g/mol. The van der Waals surface area contributed by atoms with Crippen molar-refractivity contribution in [1.29, 1.82) is 0 Å². The number of amides is 2. The number of nitrogens with one attached hydrogen (secondary N) is 2. The molecule has 4 rings (SSSR count). The Bertz CT molecular complexity index is 1120. The molecular formula is C24H19ClN2O3. The lowest BCUT2D eigenvalue weighted by molar-refractivity contribution is -0.115. The lowest BCUT2D eigenvalue weighted by Gasteiger charge is -2.21. The van der Waals surface area contributed by atoms with Gasteiger partial charge in [-0.05, 0) is 54.5 Å². The second-order valence-electron chi connectivity index (χ2n) is 6.93. The molecule has 1 heterocycles. The second kappa shape index (κ2) is 8.43. The third-order valence-corrected chi connectivity index (χ3v) is 5.00. The van der Waals surface area contributed by atoms with E-state index in [2.05, 4.69) is 10.6 Å². The van der Waals surface area contributed by atoms with Gasteiger partial charge >= 0.3 is 0 Å². The Hall–Kier alpha value is -3.57. The van der Waals surface area contributed by atoms with Crippen molar-refractivity contribution in [2.75, 3.05) is 5.32 Å². The molecule has 0 spiro atoms. The van der Waals surface area contributed by atoms with Crippen LogP contribution in [0.4, 0.5) is 5.69 Å². The number of halogens is 1. The van der Waals surface area contributed by atoms with Crippen LogP contribution in [0.25, 0.3) is 6.08 Å². The maximum atomic E-state index is 12.6. The Balaban J connectivity index is 1.51. The lowest BCUT2D eigenvalue weighted by atomic mass is 10.1. The molecule has 0 unspecified atom stereocenters. The minimum absolute atomic E-state index is 0.144. The van der Waals surface area contributed by atoms with Gasteiger partial charge in [-0.1, -0.05) is 54.1 Å². The molecular weight excluding hydrogens is 400 g/mol. The summed E-state index contributed by atoms with van der Waals surface area (Å²) in [5.74, 6) is 0.0285. The van der Waals surface area contributed by atoms with E-state index in [1.165, 1.54) is 0 Å². The molecule has 0 fully saturated rings. The zero-order chi connectivity index (χ0) is 21.1. The Morgan fingerprint density at radius 2 is 1.80 bits per heavy atom. The SMILES string of the molecule is C[C@H](NC(=O)c1ccc2c(c1)NC(=O)/C(=C/c1ccc(Cl)cc1)O2)c1ccccc1. The number of carbonyl (C=O) groups excluding carboxylic acids is 2. The van der Waals surface area contributed by atoms with Crippen LogP contribution in [-0.2, 0) is 4.79 Å². The van der Waals surface area contributed by atoms with Crippen LogP contribution in [0, 0.1) is 0 Å². The predicted molar refractivity (Wildman–Crippen MR) is 117 cm³/mol. The highest BCUT2D eigenvalue weighted by atomic mass is 35.5. The highest BCUT2D eigenvalue weighted by Gasteiger charge is 2.23. The Labute approximate surface area is 179 Å². The van der Waals surface area contributed by atoms with Crippen molar-refractivity contribution in [2.45, 2.75) is 13.0 Å². The normalized spacial score (nSPS) is 15.0. The van der Waals surface area contributed by atoms with E-state index in [0.717, 1.165) is 11.1 Å². The molecule has 150 valence electrons. The molecule has 1 atom stereocenters. The first-order valence-corrected chi connectivity index (χ1v) is 9.84. The quantitative estimate of drug-likeness (QED) is 0.572. The number of ether oxygens (including phenoxy) is 1. The molecule has 0 saturated carbocycles. The summed E-state index contributed by atoms with van der Waals surface area (Å²) in [7, 11) is 0. The fraction of sp³-hybridized carbons (Fsp3) is 0.0833. The van der Waals surface area contributed by atoms with Crippen molar-refractivity contribution < 1.29 is 14.3 Å². The van der Waals surface area contributed by atoms with E-state index in [9.17, 15) is 9.59 Å². The number of fused-ring (bicyclic) bond motifs is 1. The van der Waals surface area contributed by atoms with Crippen LogP contribution in [0.3, 0.4) is 0 Å². The van der Waals surface area contributed by atoms with Gasteiger partial charge in [0.15, 0.2) is 11.5 Å². The van der Waals surface area contributed by atoms with Gasteiger partial charge in [0.05, 0.1) is 11.7 Å². The summed E-state index contributed by atoms with van der Waals surface area (Å²) in [6.07, 6.45) is 1.64. The number of hydrogen-bond donors (Lipinski definition) is 2. The molecule has 3 aromatic carbocycles. The first-order chi connectivity index (χ1) is 14.5. The van der Waals surface area contributed by atoms with Gasteiger partial charge in [0.25, 0.3) is 11.8 Å². The van der Waals surface area contributed by atoms with Gasteiger partial charge in [-0.15, -0.1) is 0 Å². The van der Waals surface area contributed by atoms with Gasteiger partial charge < -0.3 is 15.4 Å². The van der Waals surface area contributed by atoms with Gasteiger partial charge in [0.2, 0.25) is 0 Å². The van der Waals surface area contributed by atoms with Crippen LogP contribution in [0.5, 0.6) is 5.75 Å². The molecule has 3 aromatic rings. The summed E-state index contributed by atoms with van der Waals surface area (Å²) >= 11 is 5.89. The molecule has 2 amide bonds. The number of hydrogen-bond acceptors (Lipinski definition) is 3. The molecule has 0 bridgehead atoms. The fourth-order valence-electron chi connectivity index (χ4n) is 3.12. The van der Waals surface area contributed by atoms with Crippen LogP contribution < -0.4 is 15.4 Å². The summed E-state index contributed by atoms with van der Waals surface area (Å²) in [5, 5.41) is 6.36. The topological polar surface area (TPSA) is 67.4 Å². The minimum atomic E-state index is -0.382. The number of carbonyl (C=O) groups is 2. The highest BCUT2D eigenvalue weighted by molar-refractivity contribution is 6.30. The van der Waals surface area contributed by atoms with Crippen LogP contribution in [-0.4, -0.2) is 11.8 Å². The number of rotatable bonds is 4. The highest BCUT2D eigenvalue weighted by Crippen LogP contribution is 2.32. The molecule has 1 aliphatic heterocycles. The monoisotopic (exact) mass is 418 g/mol. The van der Waals surface area contributed by atoms with Crippen molar-refractivity contribution in [2.24, 2.45) is 0 Å². The molecule has 6 heteroatoms. The predicted octanol–water partition coefficient (Wildman–Crippen LogP) is 5.20. The molecule has 0 aliphatic carbocycles. The summed E-state index contributed by atoms with van der Waals surface area (Å²) in [6, 6.07) is 21.6. The van der Waals surface area contributed by atoms with Crippen LogP contribution >= 0.6 is 11.6 Å². The zero-order valence-electron chi connectivity index (χ0n) is 16.2. The van der Waals surface area contributed by atoms with Gasteiger partial charge in [-0.2, -0.15) is 0 Å². The van der Waals surface area contributed by atoms with E-state index >= 15 is 0 Å². The number of benzene rings is 3. The molecule has 0 saturated heterocycles. The molecule has 0 radical (unpaired) electrons. The summed E-state index contributed by atoms with van der Waals surface area (Å²) in [4.78, 5) is 25.1. The van der Waals surface area contributed by atoms with Crippen LogP contribution in [0.1, 0.15) is 34.5 Å². The van der Waals surface area contributed by atoms with Crippen molar-refractivity contribution in [3.63, 3.8) is 0 Å². The van der Waals surface area contributed by atoms with E-state index in [4.69, 9.17) is 16.3 Å². The van der Waals surface area contributed by atoms with Gasteiger partial charge in [-0.25, -0.2) is 0 Å². The summed E-state index contributed by atoms with van der Waals surface area (Å²) in [5.41, 5.74) is 2.69. The molecule has 5 nitrogen and oxygen atoms in total. The fourth-order valence-corrected chi connectivity index (χ4v) is 3.24. The minimum Gasteiger partial charge on any atom is -0.449 e. The van der Waals surface area contributed by atoms with Gasteiger partial charge in [-0.3, -0.25) is 9.59 Å². The molecule has 0 aromatic heterocycles. The third-order valence-electron chi connectivity index (χ3n) is 4.75. The smallest absolute Gasteiger partial charge is 0.291 e. The van der Waals surface area contributed by atoms with E-state index < -0.39 is 0 Å². The van der Waals surface area contributed by atoms with Gasteiger partial charge in [0.1, 0.15) is 0 Å². The van der Waals surface area contributed by atoms with Crippen molar-refractivity contribution in [1.82, 2.24) is 5.32 Å². The van der Waals surface area contributed by atoms with E-state index in [-0.39, 0.29) is 23.6 Å². The van der Waals surface area contributed by atoms with E-state index in [1.54, 1.807) is 48.5 Å². The largest absolute Gasteiger partial charge is 0.449 e. The summed E-state index contributed by atoms with van der Waals surface area (Å²) < 4.78 is 5.75. The van der Waals surface area contributed by atoms with Gasteiger partial charge in [0, 0.05) is 10.6 Å². The first kappa shape index (κ1) is 19.7. The van der Waals surface area contributed by atoms with Crippen molar-refractivity contribution >= 4 is 35.2 Å². The number of anilines is 1. The Morgan fingerprint density at radius 1 is 1.07 bits per heavy atom. The van der Waals surface area contributed by atoms with Crippen molar-refractivity contribution in [3.05, 3.63) is 100 Å². The van der Waals surface area contributed by atoms with Crippen LogP contribution in [0.15, 0.2) is 78.6 Å². The third kappa shape index (κ3) is 4.36. The Morgan fingerprint density at radius 3 is 2.53 bits per heavy atom. The lowest BCUT2D eigenvalue weighted by Crippen LogP contribution is -2.27. The first-order valence-electron chi connectivity index (χ1n) is 9.46. The standard InChI is InChI=1S/C24H19ClN2O3/c1-15(17-5-3-2-4-6-17)26-23(28)18-9-12-21-20(14-18)27-24(29)22(30-21)13-16-7-10-19(25)11-8-16/h2-15H,1H3,(H,26,28)(H,27,29)/b22-13-/t15-/m0/s1. The zero-order valence-corrected chi connectivity index (χ0v) is 16.9. The Kier molecular flexibility index (Phi) is 5.55. The molecule has 30 heavy (non-hydrogen) atoms. The van der Waals surface area contributed by atoms with E-state index in [0.29, 0.717) is 22.0 Å². The average Bonchev–Trinajstić information content (AvgIpc) is 2.76. The molecule has 1 aliphatic rings. The second-order valence-corrected chi connectivity index (χ2v) is 7.37. The molecule has 2 N–H and O–H groups in total. The maximum absolute atomic E-state index is 12.6. The summed E-state index contributed by atoms with van der Waals surface area (Å²) in [6.45, 7) is 1.92. The van der Waals surface area contributed by atoms with Crippen LogP contribution in [0.2, 0.25) is 5.02 Å². The van der Waals surface area contributed by atoms with E-state index in [1.807, 2.05) is 37.3 Å².